The van der Waals surface area contributed by atoms with Gasteiger partial charge in [0.05, 0.1) is 0 Å². The Hall–Kier alpha value is -0.810. The quantitative estimate of drug-likeness (QED) is 0.386. The van der Waals surface area contributed by atoms with Gasteiger partial charge in [-0.3, -0.25) is 0 Å². The highest BCUT2D eigenvalue weighted by Gasteiger charge is 2.82. The van der Waals surface area contributed by atoms with E-state index in [-0.39, 0.29) is 20.8 Å². The van der Waals surface area contributed by atoms with Gasteiger partial charge < -0.3 is 4.74 Å². The molecule has 0 aliphatic heterocycles. The Balaban J connectivity index is 6.49. The molecule has 0 amide bonds. The fourth-order valence-electron chi connectivity index (χ4n) is 2.56. The molecule has 0 radical (unpaired) electrons. The summed E-state index contributed by atoms with van der Waals surface area (Å²) in [5.74, 6) is 0. The van der Waals surface area contributed by atoms with Crippen molar-refractivity contribution in [3.63, 3.8) is 0 Å². The SMILES string of the molecule is CCCC(C)(F)C(F)(C(F)(F)F)C(F)(F)OC(C)(CC)C(C)(F)C(F)(F)F. The first-order chi connectivity index (χ1) is 11.6. The van der Waals surface area contributed by atoms with E-state index in [1.165, 1.54) is 0 Å². The summed E-state index contributed by atoms with van der Waals surface area (Å²) in [6.45, 7) is 1.56. The van der Waals surface area contributed by atoms with Crippen LogP contribution in [0.1, 0.15) is 53.9 Å². The third-order valence-corrected chi connectivity index (χ3v) is 4.78. The van der Waals surface area contributed by atoms with Crippen molar-refractivity contribution >= 4 is 0 Å². The van der Waals surface area contributed by atoms with Gasteiger partial charge in [-0.05, 0) is 33.6 Å². The monoisotopic (exact) mass is 426 g/mol. The van der Waals surface area contributed by atoms with Crippen molar-refractivity contribution in [1.29, 1.82) is 0 Å². The summed E-state index contributed by atoms with van der Waals surface area (Å²) in [7, 11) is 0. The van der Waals surface area contributed by atoms with E-state index in [9.17, 15) is 48.3 Å². The molecule has 0 aromatic heterocycles. The molecule has 0 saturated heterocycles. The van der Waals surface area contributed by atoms with E-state index in [1.54, 1.807) is 0 Å². The minimum atomic E-state index is -6.57. The topological polar surface area (TPSA) is 9.23 Å². The van der Waals surface area contributed by atoms with Crippen LogP contribution in [0.5, 0.6) is 0 Å². The fourth-order valence-corrected chi connectivity index (χ4v) is 2.56. The summed E-state index contributed by atoms with van der Waals surface area (Å²) in [5.41, 5.74) is -18.5. The minimum absolute atomic E-state index is 0.108. The van der Waals surface area contributed by atoms with Crippen molar-refractivity contribution < 1.29 is 53.0 Å². The summed E-state index contributed by atoms with van der Waals surface area (Å²) >= 11 is 0. The zero-order valence-corrected chi connectivity index (χ0v) is 15.2. The standard InChI is InChI=1S/C15H21F11O/c1-6-8-9(3,16)12(18,14(22,23)24)15(25,26)27-10(4,7-2)11(5,17)13(19,20)21/h6-8H2,1-5H3. The van der Waals surface area contributed by atoms with Gasteiger partial charge >= 0.3 is 24.1 Å². The number of rotatable bonds is 8. The maximum Gasteiger partial charge on any atom is 0.434 e. The Kier molecular flexibility index (Phi) is 7.00. The van der Waals surface area contributed by atoms with Gasteiger partial charge in [0, 0.05) is 0 Å². The van der Waals surface area contributed by atoms with Crippen molar-refractivity contribution in [2.75, 3.05) is 0 Å². The normalized spacial score (nSPS) is 23.1. The molecule has 4 atom stereocenters. The zero-order chi connectivity index (χ0) is 22.3. The van der Waals surface area contributed by atoms with Crippen molar-refractivity contribution in [2.24, 2.45) is 0 Å². The lowest BCUT2D eigenvalue weighted by molar-refractivity contribution is -0.445. The Morgan fingerprint density at radius 3 is 1.33 bits per heavy atom. The lowest BCUT2D eigenvalue weighted by atomic mass is 9.80. The summed E-state index contributed by atoms with van der Waals surface area (Å²) < 4.78 is 153. The predicted octanol–water partition coefficient (Wildman–Crippen LogP) is 6.85. The second-order valence-corrected chi connectivity index (χ2v) is 6.81. The van der Waals surface area contributed by atoms with Crippen LogP contribution in [-0.4, -0.2) is 41.1 Å². The van der Waals surface area contributed by atoms with Crippen LogP contribution in [0.15, 0.2) is 0 Å². The number of hydrogen-bond acceptors (Lipinski definition) is 1. The summed E-state index contributed by atoms with van der Waals surface area (Å²) in [4.78, 5) is 0. The van der Waals surface area contributed by atoms with Crippen LogP contribution in [0.2, 0.25) is 0 Å². The molecule has 0 bridgehead atoms. The first kappa shape index (κ1) is 26.2. The first-order valence-electron chi connectivity index (χ1n) is 7.86. The molecular formula is C15H21F11O. The Bertz CT molecular complexity index is 509. The molecule has 0 aliphatic carbocycles. The summed E-state index contributed by atoms with van der Waals surface area (Å²) in [5, 5.41) is 0. The van der Waals surface area contributed by atoms with Crippen LogP contribution in [0.25, 0.3) is 0 Å². The van der Waals surface area contributed by atoms with E-state index in [1.807, 2.05) is 0 Å². The van der Waals surface area contributed by atoms with Crippen LogP contribution in [0.4, 0.5) is 48.3 Å². The van der Waals surface area contributed by atoms with Gasteiger partial charge in [-0.25, -0.2) is 13.2 Å². The molecule has 0 aromatic carbocycles. The van der Waals surface area contributed by atoms with Gasteiger partial charge in [0.2, 0.25) is 5.67 Å². The van der Waals surface area contributed by atoms with Crippen LogP contribution in [0, 0.1) is 0 Å². The molecule has 1 nitrogen and oxygen atoms in total. The Morgan fingerprint density at radius 2 is 1.07 bits per heavy atom. The molecule has 0 N–H and O–H groups in total. The molecule has 0 spiro atoms. The second kappa shape index (κ2) is 7.22. The van der Waals surface area contributed by atoms with Crippen molar-refractivity contribution in [1.82, 2.24) is 0 Å². The van der Waals surface area contributed by atoms with Gasteiger partial charge in [-0.15, -0.1) is 0 Å². The van der Waals surface area contributed by atoms with E-state index in [0.29, 0.717) is 6.92 Å². The highest BCUT2D eigenvalue weighted by Crippen LogP contribution is 2.58. The van der Waals surface area contributed by atoms with E-state index < -0.39 is 60.3 Å². The number of halogens is 11. The Labute approximate surface area is 149 Å². The minimum Gasteiger partial charge on any atom is -0.307 e. The van der Waals surface area contributed by atoms with Crippen molar-refractivity contribution in [3.8, 4) is 0 Å². The lowest BCUT2D eigenvalue weighted by Crippen LogP contribution is -2.70. The molecule has 0 saturated carbocycles. The molecule has 0 aromatic rings. The molecule has 12 heteroatoms. The van der Waals surface area contributed by atoms with E-state index in [4.69, 9.17) is 0 Å². The molecule has 4 unspecified atom stereocenters. The van der Waals surface area contributed by atoms with Gasteiger partial charge in [-0.1, -0.05) is 20.3 Å². The van der Waals surface area contributed by atoms with Crippen LogP contribution in [-0.2, 0) is 4.74 Å². The number of alkyl halides is 11. The summed E-state index contributed by atoms with van der Waals surface area (Å²) in [6, 6.07) is 0. The van der Waals surface area contributed by atoms with E-state index in [0.717, 1.165) is 6.92 Å². The maximum absolute atomic E-state index is 14.6. The average Bonchev–Trinajstić information content (AvgIpc) is 2.42. The van der Waals surface area contributed by atoms with Crippen molar-refractivity contribution in [2.45, 2.75) is 94.9 Å². The fraction of sp³-hybridized carbons (Fsp3) is 1.00. The van der Waals surface area contributed by atoms with Gasteiger partial charge in [0.15, 0.2) is 5.67 Å². The van der Waals surface area contributed by atoms with Crippen LogP contribution in [0.3, 0.4) is 0 Å². The molecule has 27 heavy (non-hydrogen) atoms. The molecular weight excluding hydrogens is 405 g/mol. The van der Waals surface area contributed by atoms with Gasteiger partial charge in [0.1, 0.15) is 5.60 Å². The van der Waals surface area contributed by atoms with Gasteiger partial charge in [-0.2, -0.15) is 35.1 Å². The Morgan fingerprint density at radius 1 is 0.667 bits per heavy atom. The third-order valence-electron chi connectivity index (χ3n) is 4.78. The van der Waals surface area contributed by atoms with Gasteiger partial charge in [0.25, 0.3) is 0 Å². The smallest absolute Gasteiger partial charge is 0.307 e. The number of hydrogen-bond donors (Lipinski definition) is 0. The number of ether oxygens (including phenoxy) is 1. The molecule has 0 rings (SSSR count). The molecule has 0 heterocycles. The van der Waals surface area contributed by atoms with Crippen molar-refractivity contribution in [3.05, 3.63) is 0 Å². The molecule has 0 fully saturated rings. The third kappa shape index (κ3) is 4.14. The first-order valence-corrected chi connectivity index (χ1v) is 7.86. The second-order valence-electron chi connectivity index (χ2n) is 6.81. The molecule has 0 aliphatic rings. The highest BCUT2D eigenvalue weighted by molar-refractivity contribution is 5.11. The van der Waals surface area contributed by atoms with E-state index >= 15 is 0 Å². The summed E-state index contributed by atoms with van der Waals surface area (Å²) in [6.07, 6.45) is -21.7. The lowest BCUT2D eigenvalue weighted by Gasteiger charge is -2.48. The molecule has 164 valence electrons. The van der Waals surface area contributed by atoms with E-state index in [2.05, 4.69) is 4.74 Å². The maximum atomic E-state index is 14.6. The average molecular weight is 426 g/mol. The zero-order valence-electron chi connectivity index (χ0n) is 15.2. The predicted molar refractivity (Wildman–Crippen MR) is 74.6 cm³/mol. The van der Waals surface area contributed by atoms with Crippen LogP contribution < -0.4 is 0 Å². The largest absolute Gasteiger partial charge is 0.434 e. The van der Waals surface area contributed by atoms with Crippen LogP contribution >= 0.6 is 0 Å². The highest BCUT2D eigenvalue weighted by atomic mass is 19.4.